The lowest BCUT2D eigenvalue weighted by Crippen LogP contribution is -2.27. The maximum Gasteiger partial charge on any atom is 0.253 e. The van der Waals surface area contributed by atoms with Crippen LogP contribution in [0.25, 0.3) is 0 Å². The first-order chi connectivity index (χ1) is 13.2. The van der Waals surface area contributed by atoms with Crippen molar-refractivity contribution in [3.05, 3.63) is 51.8 Å². The number of sulfone groups is 1. The van der Waals surface area contributed by atoms with Crippen molar-refractivity contribution < 1.29 is 13.2 Å². The van der Waals surface area contributed by atoms with Gasteiger partial charge in [0.15, 0.2) is 9.84 Å². The molecule has 2 aliphatic rings. The van der Waals surface area contributed by atoms with E-state index in [1.807, 2.05) is 37.7 Å². The third-order valence-corrected chi connectivity index (χ3v) is 7.87. The van der Waals surface area contributed by atoms with Gasteiger partial charge in [0.1, 0.15) is 0 Å². The molecule has 0 unspecified atom stereocenters. The van der Waals surface area contributed by atoms with Gasteiger partial charge in [0.25, 0.3) is 5.91 Å². The molecule has 1 amide bonds. The normalized spacial score (nSPS) is 20.3. The zero-order valence-electron chi connectivity index (χ0n) is 16.7. The molecular weight excluding hydrogens is 374 g/mol. The molecule has 150 valence electrons. The predicted octanol–water partition coefficient (Wildman–Crippen LogP) is 2.62. The van der Waals surface area contributed by atoms with Crippen molar-refractivity contribution in [1.29, 1.82) is 0 Å². The average Bonchev–Trinajstić information content (AvgIpc) is 3.33. The van der Waals surface area contributed by atoms with Crippen molar-refractivity contribution >= 4 is 15.7 Å². The second-order valence-corrected chi connectivity index (χ2v) is 10.4. The van der Waals surface area contributed by atoms with Crippen LogP contribution in [0.1, 0.15) is 57.3 Å². The lowest BCUT2D eigenvalue weighted by atomic mass is 10.1. The maximum absolute atomic E-state index is 12.9. The van der Waals surface area contributed by atoms with Crippen molar-refractivity contribution in [1.82, 2.24) is 14.7 Å². The Bertz CT molecular complexity index is 1040. The summed E-state index contributed by atoms with van der Waals surface area (Å²) in [5.41, 5.74) is 6.19. The van der Waals surface area contributed by atoms with E-state index >= 15 is 0 Å². The number of carbonyl (C=O) groups is 1. The molecule has 2 heterocycles. The lowest BCUT2D eigenvalue weighted by molar-refractivity contribution is 0.0784. The van der Waals surface area contributed by atoms with Crippen molar-refractivity contribution in [2.24, 2.45) is 0 Å². The number of carbonyl (C=O) groups excluding carboxylic acids is 1. The summed E-state index contributed by atoms with van der Waals surface area (Å²) in [6.45, 7) is 4.36. The number of aryl methyl sites for hydroxylation is 3. The fourth-order valence-corrected chi connectivity index (χ4v) is 6.18. The highest BCUT2D eigenvalue weighted by molar-refractivity contribution is 7.91. The molecule has 1 aliphatic carbocycles. The summed E-state index contributed by atoms with van der Waals surface area (Å²) < 4.78 is 25.5. The van der Waals surface area contributed by atoms with Gasteiger partial charge in [0, 0.05) is 30.4 Å². The number of hydrogen-bond donors (Lipinski definition) is 0. The van der Waals surface area contributed by atoms with Crippen LogP contribution in [-0.2, 0) is 29.2 Å². The van der Waals surface area contributed by atoms with Crippen molar-refractivity contribution in [2.45, 2.75) is 52.1 Å². The Hall–Kier alpha value is -2.15. The largest absolute Gasteiger partial charge is 0.337 e. The molecule has 28 heavy (non-hydrogen) atoms. The Morgan fingerprint density at radius 2 is 2.00 bits per heavy atom. The molecule has 0 radical (unpaired) electrons. The number of fused-ring (bicyclic) bond motifs is 1. The van der Waals surface area contributed by atoms with Crippen LogP contribution in [0.4, 0.5) is 0 Å². The van der Waals surface area contributed by atoms with E-state index in [0.29, 0.717) is 13.0 Å². The summed E-state index contributed by atoms with van der Waals surface area (Å²) in [4.78, 5) is 14.7. The molecule has 1 aliphatic heterocycles. The van der Waals surface area contributed by atoms with Crippen LogP contribution < -0.4 is 0 Å². The van der Waals surface area contributed by atoms with E-state index in [9.17, 15) is 13.2 Å². The molecule has 1 saturated heterocycles. The highest BCUT2D eigenvalue weighted by atomic mass is 32.2. The summed E-state index contributed by atoms with van der Waals surface area (Å²) in [6, 6.07) is 5.94. The number of aromatic nitrogens is 2. The van der Waals surface area contributed by atoms with Crippen LogP contribution in [0.5, 0.6) is 0 Å². The topological polar surface area (TPSA) is 72.3 Å². The van der Waals surface area contributed by atoms with Gasteiger partial charge < -0.3 is 4.90 Å². The lowest BCUT2D eigenvalue weighted by Gasteiger charge is -2.19. The van der Waals surface area contributed by atoms with Crippen LogP contribution in [0.15, 0.2) is 18.2 Å². The minimum absolute atomic E-state index is 0.00435. The molecule has 1 aromatic heterocycles. The average molecular weight is 402 g/mol. The Morgan fingerprint density at radius 3 is 2.71 bits per heavy atom. The Balaban J connectivity index is 1.53. The van der Waals surface area contributed by atoms with Crippen molar-refractivity contribution in [3.63, 3.8) is 0 Å². The molecule has 1 fully saturated rings. The Kier molecular flexibility index (Phi) is 4.81. The summed E-state index contributed by atoms with van der Waals surface area (Å²) >= 11 is 0. The van der Waals surface area contributed by atoms with Gasteiger partial charge in [-0.15, -0.1) is 0 Å². The summed E-state index contributed by atoms with van der Waals surface area (Å²) in [5.74, 6) is 0.380. The van der Waals surface area contributed by atoms with Crippen LogP contribution >= 0.6 is 0 Å². The number of nitrogens with zero attached hydrogens (tertiary/aromatic N) is 3. The van der Waals surface area contributed by atoms with Gasteiger partial charge in [-0.05, 0) is 62.8 Å². The molecule has 6 nitrogen and oxygen atoms in total. The molecule has 4 rings (SSSR count). The second-order valence-electron chi connectivity index (χ2n) is 8.15. The fraction of sp³-hybridized carbons (Fsp3) is 0.524. The molecule has 0 N–H and O–H groups in total. The van der Waals surface area contributed by atoms with E-state index in [0.717, 1.165) is 41.8 Å². The first-order valence-corrected chi connectivity index (χ1v) is 11.7. The molecule has 0 spiro atoms. The highest BCUT2D eigenvalue weighted by Crippen LogP contribution is 2.28. The molecule has 1 aromatic carbocycles. The zero-order chi connectivity index (χ0) is 20.1. The molecule has 0 bridgehead atoms. The first kappa shape index (κ1) is 19.2. The van der Waals surface area contributed by atoms with Gasteiger partial charge in [-0.3, -0.25) is 9.48 Å². The van der Waals surface area contributed by atoms with Crippen LogP contribution in [-0.4, -0.2) is 47.6 Å². The molecule has 2 aromatic rings. The second kappa shape index (κ2) is 7.03. The number of hydrogen-bond acceptors (Lipinski definition) is 4. The van der Waals surface area contributed by atoms with Gasteiger partial charge in [-0.2, -0.15) is 5.10 Å². The van der Waals surface area contributed by atoms with E-state index in [-0.39, 0.29) is 23.5 Å². The minimum Gasteiger partial charge on any atom is -0.337 e. The monoisotopic (exact) mass is 401 g/mol. The SMILES string of the molecule is Cc1nn([C@H]2CCS(=O)(=O)C2)c(C)c1CN(C)C(=O)c1ccc2c(c1)CCC2. The summed E-state index contributed by atoms with van der Waals surface area (Å²) in [6.07, 6.45) is 3.93. The van der Waals surface area contributed by atoms with Gasteiger partial charge in [-0.1, -0.05) is 6.07 Å². The van der Waals surface area contributed by atoms with E-state index in [1.54, 1.807) is 4.90 Å². The Morgan fingerprint density at radius 1 is 1.25 bits per heavy atom. The van der Waals surface area contributed by atoms with Crippen molar-refractivity contribution in [3.8, 4) is 0 Å². The number of amides is 1. The number of benzene rings is 1. The third-order valence-electron chi connectivity index (χ3n) is 6.12. The molecular formula is C21H27N3O3S. The number of rotatable bonds is 4. The van der Waals surface area contributed by atoms with Gasteiger partial charge in [-0.25, -0.2) is 8.42 Å². The first-order valence-electron chi connectivity index (χ1n) is 9.87. The highest BCUT2D eigenvalue weighted by Gasteiger charge is 2.31. The van der Waals surface area contributed by atoms with Gasteiger partial charge >= 0.3 is 0 Å². The van der Waals surface area contributed by atoms with Crippen LogP contribution in [0.2, 0.25) is 0 Å². The standard InChI is InChI=1S/C21H27N3O3S/c1-14-20(15(2)24(22-14)19-9-10-28(26,27)13-19)12-23(3)21(25)18-8-7-16-5-4-6-17(16)11-18/h7-8,11,19H,4-6,9-10,12-13H2,1-3H3/t19-/m0/s1. The molecule has 7 heteroatoms. The van der Waals surface area contributed by atoms with Crippen molar-refractivity contribution in [2.75, 3.05) is 18.6 Å². The Labute approximate surface area is 166 Å². The molecule has 1 atom stereocenters. The smallest absolute Gasteiger partial charge is 0.253 e. The van der Waals surface area contributed by atoms with E-state index in [4.69, 9.17) is 0 Å². The summed E-state index contributed by atoms with van der Waals surface area (Å²) in [5, 5.41) is 4.60. The fourth-order valence-electron chi connectivity index (χ4n) is 4.48. The predicted molar refractivity (Wildman–Crippen MR) is 108 cm³/mol. The van der Waals surface area contributed by atoms with E-state index in [2.05, 4.69) is 11.2 Å². The van der Waals surface area contributed by atoms with E-state index < -0.39 is 9.84 Å². The van der Waals surface area contributed by atoms with E-state index in [1.165, 1.54) is 11.1 Å². The third kappa shape index (κ3) is 3.48. The van der Waals surface area contributed by atoms with Crippen LogP contribution in [0.3, 0.4) is 0 Å². The zero-order valence-corrected chi connectivity index (χ0v) is 17.6. The van der Waals surface area contributed by atoms with Gasteiger partial charge in [0.2, 0.25) is 0 Å². The van der Waals surface area contributed by atoms with Crippen LogP contribution in [0, 0.1) is 13.8 Å². The molecule has 0 saturated carbocycles. The maximum atomic E-state index is 12.9. The minimum atomic E-state index is -2.97. The van der Waals surface area contributed by atoms with Gasteiger partial charge in [0.05, 0.1) is 23.2 Å². The summed E-state index contributed by atoms with van der Waals surface area (Å²) in [7, 11) is -1.16. The quantitative estimate of drug-likeness (QED) is 0.790.